The zero-order valence-electron chi connectivity index (χ0n) is 16.5. The normalized spacial score (nSPS) is 13.0. The van der Waals surface area contributed by atoms with Crippen LogP contribution in [0.5, 0.6) is 0 Å². The first-order valence-corrected chi connectivity index (χ1v) is 9.72. The predicted octanol–water partition coefficient (Wildman–Crippen LogP) is 3.86. The average molecular weight is 394 g/mol. The standard InChI is InChI=1S/C21H23FN6O/c1-3-26(4-2)21(29)28-14-13-27-20(25-28)18(15-9-11-23-12-10-15)19(24-27)16-5-7-17(22)8-6-16/h5-12,25H,3-4,13-14H2,1-2H3. The van der Waals surface area contributed by atoms with Gasteiger partial charge in [0.25, 0.3) is 0 Å². The van der Waals surface area contributed by atoms with Gasteiger partial charge >= 0.3 is 6.03 Å². The summed E-state index contributed by atoms with van der Waals surface area (Å²) in [5.74, 6) is 0.444. The second kappa shape index (κ2) is 7.90. The minimum absolute atomic E-state index is 0.0635. The maximum atomic E-state index is 13.4. The van der Waals surface area contributed by atoms with Gasteiger partial charge in [0, 0.05) is 31.0 Å². The van der Waals surface area contributed by atoms with Crippen LogP contribution in [0.25, 0.3) is 22.4 Å². The number of urea groups is 1. The molecule has 150 valence electrons. The van der Waals surface area contributed by atoms with Crippen molar-refractivity contribution < 1.29 is 9.18 Å². The molecule has 0 fully saturated rings. The summed E-state index contributed by atoms with van der Waals surface area (Å²) in [7, 11) is 0. The largest absolute Gasteiger partial charge is 0.338 e. The number of pyridine rings is 1. The van der Waals surface area contributed by atoms with Crippen molar-refractivity contribution in [2.24, 2.45) is 0 Å². The first kappa shape index (κ1) is 18.9. The molecule has 0 saturated heterocycles. The number of nitrogens with one attached hydrogen (secondary N) is 1. The van der Waals surface area contributed by atoms with Crippen molar-refractivity contribution in [3.63, 3.8) is 0 Å². The van der Waals surface area contributed by atoms with Gasteiger partial charge in [-0.2, -0.15) is 5.10 Å². The molecule has 1 aliphatic rings. The lowest BCUT2D eigenvalue weighted by molar-refractivity contribution is 0.161. The lowest BCUT2D eigenvalue weighted by atomic mass is 10.0. The third-order valence-corrected chi connectivity index (χ3v) is 5.08. The van der Waals surface area contributed by atoms with Crippen LogP contribution in [-0.4, -0.2) is 50.3 Å². The third-order valence-electron chi connectivity index (χ3n) is 5.08. The molecule has 2 aromatic heterocycles. The van der Waals surface area contributed by atoms with Crippen LogP contribution < -0.4 is 5.43 Å². The van der Waals surface area contributed by atoms with E-state index < -0.39 is 0 Å². The van der Waals surface area contributed by atoms with Gasteiger partial charge in [-0.1, -0.05) is 0 Å². The molecule has 1 N–H and O–H groups in total. The van der Waals surface area contributed by atoms with Gasteiger partial charge in [0.1, 0.15) is 11.5 Å². The molecule has 0 spiro atoms. The van der Waals surface area contributed by atoms with Crippen molar-refractivity contribution in [2.75, 3.05) is 25.1 Å². The minimum Gasteiger partial charge on any atom is -0.324 e. The highest BCUT2D eigenvalue weighted by molar-refractivity contribution is 5.90. The Labute approximate surface area is 168 Å². The number of amides is 2. The van der Waals surface area contributed by atoms with Gasteiger partial charge in [0.2, 0.25) is 0 Å². The van der Waals surface area contributed by atoms with Crippen molar-refractivity contribution in [1.29, 1.82) is 0 Å². The quantitative estimate of drug-likeness (QED) is 0.730. The molecule has 8 heteroatoms. The lowest BCUT2D eigenvalue weighted by Crippen LogP contribution is -2.49. The summed E-state index contributed by atoms with van der Waals surface area (Å²) >= 11 is 0. The Hall–Kier alpha value is -3.42. The highest BCUT2D eigenvalue weighted by Crippen LogP contribution is 2.39. The number of rotatable bonds is 4. The fourth-order valence-corrected chi connectivity index (χ4v) is 3.53. The van der Waals surface area contributed by atoms with Gasteiger partial charge in [-0.15, -0.1) is 0 Å². The van der Waals surface area contributed by atoms with Gasteiger partial charge in [-0.25, -0.2) is 18.9 Å². The first-order valence-electron chi connectivity index (χ1n) is 9.72. The van der Waals surface area contributed by atoms with Crippen LogP contribution in [0.4, 0.5) is 15.0 Å². The van der Waals surface area contributed by atoms with E-state index >= 15 is 0 Å². The summed E-state index contributed by atoms with van der Waals surface area (Å²) in [5.41, 5.74) is 6.58. The Kier molecular flexibility index (Phi) is 5.16. The van der Waals surface area contributed by atoms with E-state index in [9.17, 15) is 9.18 Å². The predicted molar refractivity (Wildman–Crippen MR) is 109 cm³/mol. The van der Waals surface area contributed by atoms with Crippen molar-refractivity contribution in [1.82, 2.24) is 24.7 Å². The van der Waals surface area contributed by atoms with Crippen molar-refractivity contribution in [3.8, 4) is 22.4 Å². The van der Waals surface area contributed by atoms with E-state index in [1.54, 1.807) is 34.4 Å². The number of hydrazine groups is 1. The second-order valence-corrected chi connectivity index (χ2v) is 6.76. The summed E-state index contributed by atoms with van der Waals surface area (Å²) in [6.07, 6.45) is 3.44. The molecular formula is C21H23FN6O. The smallest absolute Gasteiger partial charge is 0.324 e. The molecule has 7 nitrogen and oxygen atoms in total. The number of aromatic nitrogens is 3. The van der Waals surface area contributed by atoms with Gasteiger partial charge < -0.3 is 4.90 Å². The van der Waals surface area contributed by atoms with Gasteiger partial charge in [0.15, 0.2) is 5.82 Å². The maximum Gasteiger partial charge on any atom is 0.338 e. The molecule has 2 amide bonds. The Bertz CT molecular complexity index is 998. The molecule has 3 heterocycles. The number of carbonyl (C=O) groups excluding carboxylic acids is 1. The SMILES string of the molecule is CCN(CC)C(=O)N1CCn2nc(-c3ccc(F)cc3)c(-c3ccncc3)c2N1. The minimum atomic E-state index is -0.294. The van der Waals surface area contributed by atoms with Crippen molar-refractivity contribution >= 4 is 11.8 Å². The van der Waals surface area contributed by atoms with Crippen LogP contribution in [0.2, 0.25) is 0 Å². The second-order valence-electron chi connectivity index (χ2n) is 6.76. The molecule has 0 radical (unpaired) electrons. The summed E-state index contributed by atoms with van der Waals surface area (Å²) in [6, 6.07) is 10.0. The van der Waals surface area contributed by atoms with E-state index in [0.717, 1.165) is 28.2 Å². The number of fused-ring (bicyclic) bond motifs is 1. The fraction of sp³-hybridized carbons (Fsp3) is 0.286. The Morgan fingerprint density at radius 3 is 2.41 bits per heavy atom. The lowest BCUT2D eigenvalue weighted by Gasteiger charge is -2.33. The number of halogens is 1. The molecule has 0 saturated carbocycles. The number of anilines is 1. The summed E-state index contributed by atoms with van der Waals surface area (Å²) in [6.45, 7) is 6.28. The Balaban J connectivity index is 1.79. The monoisotopic (exact) mass is 394 g/mol. The molecule has 4 rings (SSSR count). The molecule has 0 unspecified atom stereocenters. The van der Waals surface area contributed by atoms with Crippen molar-refractivity contribution in [2.45, 2.75) is 20.4 Å². The molecule has 3 aromatic rings. The maximum absolute atomic E-state index is 13.4. The highest BCUT2D eigenvalue weighted by Gasteiger charge is 2.29. The van der Waals surface area contributed by atoms with Crippen LogP contribution in [0, 0.1) is 5.82 Å². The van der Waals surface area contributed by atoms with Crippen LogP contribution in [0.15, 0.2) is 48.8 Å². The molecule has 1 aliphatic heterocycles. The van der Waals surface area contributed by atoms with E-state index in [1.165, 1.54) is 12.1 Å². The van der Waals surface area contributed by atoms with E-state index in [4.69, 9.17) is 5.10 Å². The van der Waals surface area contributed by atoms with E-state index in [0.29, 0.717) is 26.2 Å². The molecule has 29 heavy (non-hydrogen) atoms. The molecule has 0 bridgehead atoms. The van der Waals surface area contributed by atoms with E-state index in [-0.39, 0.29) is 11.8 Å². The van der Waals surface area contributed by atoms with Gasteiger partial charge in [-0.05, 0) is 55.8 Å². The number of benzene rings is 1. The first-order chi connectivity index (χ1) is 14.1. The van der Waals surface area contributed by atoms with Gasteiger partial charge in [0.05, 0.1) is 18.7 Å². The van der Waals surface area contributed by atoms with Crippen LogP contribution in [0.3, 0.4) is 0 Å². The fourth-order valence-electron chi connectivity index (χ4n) is 3.53. The number of nitrogens with zero attached hydrogens (tertiary/aromatic N) is 5. The van der Waals surface area contributed by atoms with E-state index in [2.05, 4.69) is 10.4 Å². The van der Waals surface area contributed by atoms with Gasteiger partial charge in [-0.3, -0.25) is 10.4 Å². The molecule has 1 aromatic carbocycles. The summed E-state index contributed by atoms with van der Waals surface area (Å²) < 4.78 is 15.3. The summed E-state index contributed by atoms with van der Waals surface area (Å²) in [5, 5.41) is 6.39. The number of hydrogen-bond donors (Lipinski definition) is 1. The Morgan fingerprint density at radius 2 is 1.76 bits per heavy atom. The molecule has 0 aliphatic carbocycles. The van der Waals surface area contributed by atoms with Crippen molar-refractivity contribution in [3.05, 3.63) is 54.6 Å². The Morgan fingerprint density at radius 1 is 1.07 bits per heavy atom. The highest BCUT2D eigenvalue weighted by atomic mass is 19.1. The topological polar surface area (TPSA) is 66.3 Å². The number of carbonyl (C=O) groups is 1. The van der Waals surface area contributed by atoms with Crippen LogP contribution in [-0.2, 0) is 6.54 Å². The van der Waals surface area contributed by atoms with E-state index in [1.807, 2.05) is 30.7 Å². The zero-order chi connectivity index (χ0) is 20.4. The third kappa shape index (κ3) is 3.53. The molecule has 0 atom stereocenters. The van der Waals surface area contributed by atoms with Crippen LogP contribution >= 0.6 is 0 Å². The number of hydrogen-bond acceptors (Lipinski definition) is 4. The zero-order valence-corrected chi connectivity index (χ0v) is 16.5. The average Bonchev–Trinajstić information content (AvgIpc) is 3.14. The van der Waals surface area contributed by atoms with Crippen LogP contribution in [0.1, 0.15) is 13.8 Å². The summed E-state index contributed by atoms with van der Waals surface area (Å²) in [4.78, 5) is 18.7. The molecular weight excluding hydrogens is 371 g/mol.